The van der Waals surface area contributed by atoms with Crippen LogP contribution in [0, 0.1) is 0 Å². The highest BCUT2D eigenvalue weighted by atomic mass is 19.3. The summed E-state index contributed by atoms with van der Waals surface area (Å²) in [6.07, 6.45) is 0.468. The van der Waals surface area contributed by atoms with Gasteiger partial charge in [-0.15, -0.1) is 0 Å². The number of furan rings is 1. The minimum atomic E-state index is -2.88. The summed E-state index contributed by atoms with van der Waals surface area (Å²) >= 11 is 0. The highest BCUT2D eigenvalue weighted by Crippen LogP contribution is 2.27. The van der Waals surface area contributed by atoms with E-state index in [9.17, 15) is 18.4 Å². The molecular weight excluding hydrogens is 412 g/mol. The van der Waals surface area contributed by atoms with Crippen molar-refractivity contribution in [1.82, 2.24) is 5.32 Å². The van der Waals surface area contributed by atoms with Gasteiger partial charge in [0, 0.05) is 24.6 Å². The van der Waals surface area contributed by atoms with Crippen molar-refractivity contribution in [1.29, 1.82) is 0 Å². The highest BCUT2D eigenvalue weighted by molar-refractivity contribution is 5.96. The molecule has 164 valence electrons. The molecule has 31 heavy (non-hydrogen) atoms. The van der Waals surface area contributed by atoms with E-state index in [-0.39, 0.29) is 24.7 Å². The van der Waals surface area contributed by atoms with Crippen molar-refractivity contribution in [2.45, 2.75) is 19.6 Å². The van der Waals surface area contributed by atoms with Gasteiger partial charge in [-0.05, 0) is 30.2 Å². The van der Waals surface area contributed by atoms with Crippen molar-refractivity contribution in [3.63, 3.8) is 0 Å². The van der Waals surface area contributed by atoms with E-state index in [0.29, 0.717) is 17.6 Å². The maximum absolute atomic E-state index is 12.4. The Hall–Kier alpha value is -3.46. The van der Waals surface area contributed by atoms with Crippen LogP contribution in [0.25, 0.3) is 11.0 Å². The number of benzene rings is 2. The molecule has 9 heteroatoms. The first-order valence-electron chi connectivity index (χ1n) is 9.45. The largest absolute Gasteiger partial charge is 0.450 e. The molecule has 0 spiro atoms. The van der Waals surface area contributed by atoms with E-state index in [4.69, 9.17) is 13.9 Å². The van der Waals surface area contributed by atoms with Crippen LogP contribution < -0.4 is 10.1 Å². The number of amides is 1. The Bertz CT molecular complexity index is 1030. The Morgan fingerprint density at radius 2 is 1.84 bits per heavy atom. The van der Waals surface area contributed by atoms with Gasteiger partial charge in [-0.25, -0.2) is 4.79 Å². The zero-order chi connectivity index (χ0) is 22.2. The number of methoxy groups -OCH3 is 1. The quantitative estimate of drug-likeness (QED) is 0.491. The lowest BCUT2D eigenvalue weighted by molar-refractivity contribution is -0.124. The fraction of sp³-hybridized carbons (Fsp3) is 0.273. The fourth-order valence-corrected chi connectivity index (χ4v) is 2.98. The van der Waals surface area contributed by atoms with Gasteiger partial charge < -0.3 is 23.9 Å². The second-order valence-corrected chi connectivity index (χ2v) is 6.54. The molecule has 3 rings (SSSR count). The Morgan fingerprint density at radius 1 is 1.10 bits per heavy atom. The monoisotopic (exact) mass is 433 g/mol. The number of carbonyl (C=O) groups is 2. The average molecular weight is 433 g/mol. The van der Waals surface area contributed by atoms with Crippen LogP contribution in [0.2, 0.25) is 0 Å². The Kier molecular flexibility index (Phi) is 7.55. The number of hydrogen-bond acceptors (Lipinski definition) is 6. The molecule has 0 unspecified atom stereocenters. The Labute approximate surface area is 176 Å². The maximum Gasteiger partial charge on any atom is 0.387 e. The molecule has 0 aliphatic heterocycles. The lowest BCUT2D eigenvalue weighted by Crippen LogP contribution is -2.30. The number of hydrogen-bond donors (Lipinski definition) is 1. The van der Waals surface area contributed by atoms with Crippen LogP contribution in [0.5, 0.6) is 5.75 Å². The van der Waals surface area contributed by atoms with Crippen molar-refractivity contribution in [2.24, 2.45) is 0 Å². The lowest BCUT2D eigenvalue weighted by Gasteiger charge is -2.08. The molecule has 1 heterocycles. The van der Waals surface area contributed by atoms with Gasteiger partial charge >= 0.3 is 12.6 Å². The van der Waals surface area contributed by atoms with Crippen LogP contribution in [0.1, 0.15) is 21.7 Å². The first-order chi connectivity index (χ1) is 15.0. The minimum Gasteiger partial charge on any atom is -0.450 e. The number of alkyl halides is 2. The normalized spacial score (nSPS) is 11.0. The van der Waals surface area contributed by atoms with E-state index < -0.39 is 25.1 Å². The molecule has 0 atom stereocenters. The van der Waals surface area contributed by atoms with Crippen molar-refractivity contribution < 1.29 is 37.0 Å². The molecule has 0 saturated heterocycles. The van der Waals surface area contributed by atoms with Crippen LogP contribution in [0.4, 0.5) is 8.78 Å². The predicted molar refractivity (Wildman–Crippen MR) is 107 cm³/mol. The lowest BCUT2D eigenvalue weighted by atomic mass is 10.1. The van der Waals surface area contributed by atoms with Crippen LogP contribution >= 0.6 is 0 Å². The van der Waals surface area contributed by atoms with Gasteiger partial charge in [-0.3, -0.25) is 4.79 Å². The molecule has 0 aliphatic carbocycles. The van der Waals surface area contributed by atoms with E-state index in [1.807, 2.05) is 12.1 Å². The fourth-order valence-electron chi connectivity index (χ4n) is 2.98. The van der Waals surface area contributed by atoms with E-state index in [2.05, 4.69) is 10.1 Å². The third-order valence-corrected chi connectivity index (χ3v) is 4.39. The molecule has 1 aromatic heterocycles. The molecule has 0 bridgehead atoms. The number of nitrogens with one attached hydrogen (secondary N) is 1. The number of esters is 1. The molecule has 0 radical (unpaired) electrons. The number of rotatable bonds is 10. The smallest absolute Gasteiger partial charge is 0.387 e. The molecule has 1 N–H and O–H groups in total. The molecule has 0 aliphatic rings. The molecule has 3 aromatic rings. The summed E-state index contributed by atoms with van der Waals surface area (Å²) in [5, 5.41) is 3.37. The molecule has 0 saturated carbocycles. The van der Waals surface area contributed by atoms with Gasteiger partial charge in [0.2, 0.25) is 5.76 Å². The maximum atomic E-state index is 12.4. The first kappa shape index (κ1) is 22.2. The SMILES string of the molecule is COCc1c(C(=O)OCC(=O)NCCc2ccc(OC(F)F)cc2)oc2ccccc12. The van der Waals surface area contributed by atoms with Gasteiger partial charge in [-0.1, -0.05) is 30.3 Å². The summed E-state index contributed by atoms with van der Waals surface area (Å²) in [5.41, 5.74) is 1.91. The van der Waals surface area contributed by atoms with Crippen molar-refractivity contribution in [3.05, 3.63) is 65.4 Å². The van der Waals surface area contributed by atoms with Gasteiger partial charge in [0.25, 0.3) is 5.91 Å². The summed E-state index contributed by atoms with van der Waals surface area (Å²) in [5.74, 6) is -1.17. The number of para-hydroxylation sites is 1. The Balaban J connectivity index is 1.48. The van der Waals surface area contributed by atoms with Crippen LogP contribution in [-0.2, 0) is 27.3 Å². The van der Waals surface area contributed by atoms with Gasteiger partial charge in [0.15, 0.2) is 6.61 Å². The second-order valence-electron chi connectivity index (χ2n) is 6.54. The molecular formula is C22H21F2NO6. The molecule has 1 amide bonds. The van der Waals surface area contributed by atoms with Crippen LogP contribution in [0.15, 0.2) is 52.9 Å². The minimum absolute atomic E-state index is 0.00181. The van der Waals surface area contributed by atoms with Crippen LogP contribution in [0.3, 0.4) is 0 Å². The average Bonchev–Trinajstić information content (AvgIpc) is 3.12. The van der Waals surface area contributed by atoms with Crippen molar-refractivity contribution >= 4 is 22.8 Å². The van der Waals surface area contributed by atoms with E-state index in [1.165, 1.54) is 19.2 Å². The van der Waals surface area contributed by atoms with E-state index in [0.717, 1.165) is 10.9 Å². The van der Waals surface area contributed by atoms with Gasteiger partial charge in [-0.2, -0.15) is 8.78 Å². The third-order valence-electron chi connectivity index (χ3n) is 4.39. The molecule has 2 aromatic carbocycles. The number of fused-ring (bicyclic) bond motifs is 1. The zero-order valence-electron chi connectivity index (χ0n) is 16.7. The highest BCUT2D eigenvalue weighted by Gasteiger charge is 2.22. The predicted octanol–water partition coefficient (Wildman–Crippen LogP) is 3.70. The summed E-state index contributed by atoms with van der Waals surface area (Å²) in [4.78, 5) is 24.4. The number of ether oxygens (including phenoxy) is 3. The number of carbonyl (C=O) groups excluding carboxylic acids is 2. The van der Waals surface area contributed by atoms with Crippen LogP contribution in [-0.4, -0.2) is 38.7 Å². The third kappa shape index (κ3) is 6.02. The first-order valence-corrected chi connectivity index (χ1v) is 9.45. The Morgan fingerprint density at radius 3 is 2.55 bits per heavy atom. The molecule has 0 fully saturated rings. The summed E-state index contributed by atoms with van der Waals surface area (Å²) < 4.78 is 44.4. The topological polar surface area (TPSA) is 87.0 Å². The van der Waals surface area contributed by atoms with Crippen molar-refractivity contribution in [3.8, 4) is 5.75 Å². The summed E-state index contributed by atoms with van der Waals surface area (Å²) in [6.45, 7) is -2.90. The standard InChI is InChI=1S/C22H21F2NO6/c1-28-12-17-16-4-2-3-5-18(16)31-20(17)21(27)29-13-19(26)25-11-10-14-6-8-15(9-7-14)30-22(23)24/h2-9,22H,10-13H2,1H3,(H,25,26). The number of halogens is 2. The van der Waals surface area contributed by atoms with E-state index in [1.54, 1.807) is 24.3 Å². The van der Waals surface area contributed by atoms with Crippen molar-refractivity contribution in [2.75, 3.05) is 20.3 Å². The van der Waals surface area contributed by atoms with Gasteiger partial charge in [0.05, 0.1) is 6.61 Å². The molecule has 7 nitrogen and oxygen atoms in total. The summed E-state index contributed by atoms with van der Waals surface area (Å²) in [7, 11) is 1.50. The van der Waals surface area contributed by atoms with E-state index >= 15 is 0 Å². The van der Waals surface area contributed by atoms with Gasteiger partial charge in [0.1, 0.15) is 11.3 Å². The zero-order valence-corrected chi connectivity index (χ0v) is 16.7. The second kappa shape index (κ2) is 10.5. The summed E-state index contributed by atoms with van der Waals surface area (Å²) in [6, 6.07) is 13.2.